The molecule has 0 fully saturated rings. The molecule has 0 saturated heterocycles. The summed E-state index contributed by atoms with van der Waals surface area (Å²) in [6.45, 7) is 4.29. The predicted octanol–water partition coefficient (Wildman–Crippen LogP) is 2.22. The zero-order valence-electron chi connectivity index (χ0n) is 13.7. The fourth-order valence-corrected chi connectivity index (χ4v) is 2.28. The van der Waals surface area contributed by atoms with E-state index in [4.69, 9.17) is 4.74 Å². The average Bonchev–Trinajstić information content (AvgIpc) is 3.02. The highest BCUT2D eigenvalue weighted by atomic mass is 16.5. The van der Waals surface area contributed by atoms with Gasteiger partial charge in [0.25, 0.3) is 5.91 Å². The molecule has 6 heteroatoms. The van der Waals surface area contributed by atoms with E-state index < -0.39 is 6.10 Å². The van der Waals surface area contributed by atoms with Crippen molar-refractivity contribution in [3.63, 3.8) is 0 Å². The number of methoxy groups -OCH3 is 1. The number of H-pyrrole nitrogens is 1. The first kappa shape index (κ1) is 17.0. The fourth-order valence-electron chi connectivity index (χ4n) is 2.28. The van der Waals surface area contributed by atoms with Gasteiger partial charge in [-0.15, -0.1) is 0 Å². The van der Waals surface area contributed by atoms with Gasteiger partial charge in [0, 0.05) is 12.1 Å². The van der Waals surface area contributed by atoms with Crippen LogP contribution in [0.3, 0.4) is 0 Å². The highest BCUT2D eigenvalue weighted by Crippen LogP contribution is 2.21. The molecule has 0 saturated carbocycles. The Labute approximate surface area is 135 Å². The summed E-state index contributed by atoms with van der Waals surface area (Å²) in [5.41, 5.74) is 1.94. The van der Waals surface area contributed by atoms with Crippen molar-refractivity contribution >= 4 is 5.91 Å². The van der Waals surface area contributed by atoms with Crippen LogP contribution in [-0.2, 0) is 0 Å². The van der Waals surface area contributed by atoms with Crippen molar-refractivity contribution in [1.82, 2.24) is 15.5 Å². The van der Waals surface area contributed by atoms with Crippen molar-refractivity contribution in [3.05, 3.63) is 36.0 Å². The number of hydrogen-bond acceptors (Lipinski definition) is 4. The molecule has 1 amide bonds. The van der Waals surface area contributed by atoms with Crippen LogP contribution in [0.2, 0.25) is 0 Å². The molecular weight excluding hydrogens is 294 g/mol. The summed E-state index contributed by atoms with van der Waals surface area (Å²) in [6.07, 6.45) is 0.114. The van der Waals surface area contributed by atoms with Crippen molar-refractivity contribution < 1.29 is 14.6 Å². The third kappa shape index (κ3) is 4.82. The maximum Gasteiger partial charge on any atom is 0.269 e. The molecule has 0 bridgehead atoms. The Morgan fingerprint density at radius 2 is 2.04 bits per heavy atom. The van der Waals surface area contributed by atoms with Gasteiger partial charge in [-0.05, 0) is 42.7 Å². The van der Waals surface area contributed by atoms with Crippen LogP contribution in [0.4, 0.5) is 0 Å². The molecule has 0 spiro atoms. The fraction of sp³-hybridized carbons (Fsp3) is 0.412. The minimum absolute atomic E-state index is 0.230. The first-order valence-corrected chi connectivity index (χ1v) is 7.65. The molecule has 0 aliphatic heterocycles. The van der Waals surface area contributed by atoms with Crippen LogP contribution in [0, 0.1) is 5.92 Å². The number of aromatic nitrogens is 2. The number of benzene rings is 1. The van der Waals surface area contributed by atoms with Gasteiger partial charge in [0.15, 0.2) is 0 Å². The van der Waals surface area contributed by atoms with Crippen LogP contribution in [-0.4, -0.2) is 41.0 Å². The Hall–Kier alpha value is -2.34. The number of aliphatic hydroxyl groups excluding tert-OH is 1. The van der Waals surface area contributed by atoms with Crippen molar-refractivity contribution in [1.29, 1.82) is 0 Å². The van der Waals surface area contributed by atoms with E-state index in [0.717, 1.165) is 11.3 Å². The minimum Gasteiger partial charge on any atom is -0.497 e. The first-order valence-electron chi connectivity index (χ1n) is 7.65. The number of aromatic amines is 1. The lowest BCUT2D eigenvalue weighted by atomic mass is 10.1. The Morgan fingerprint density at radius 1 is 1.35 bits per heavy atom. The first-order chi connectivity index (χ1) is 11.0. The van der Waals surface area contributed by atoms with Crippen LogP contribution in [0.15, 0.2) is 30.3 Å². The highest BCUT2D eigenvalue weighted by molar-refractivity contribution is 5.93. The summed E-state index contributed by atoms with van der Waals surface area (Å²) in [5, 5.41) is 19.4. The van der Waals surface area contributed by atoms with Crippen LogP contribution in [0.1, 0.15) is 30.8 Å². The van der Waals surface area contributed by atoms with Crippen molar-refractivity contribution in [2.75, 3.05) is 13.7 Å². The SMILES string of the molecule is COc1ccc(-c2cc(C(=O)NCC(O)CC(C)C)[nH]n2)cc1. The van der Waals surface area contributed by atoms with E-state index in [1.54, 1.807) is 13.2 Å². The quantitative estimate of drug-likeness (QED) is 0.731. The van der Waals surface area contributed by atoms with Crippen LogP contribution in [0.5, 0.6) is 5.75 Å². The lowest BCUT2D eigenvalue weighted by Crippen LogP contribution is -2.32. The van der Waals surface area contributed by atoms with Gasteiger partial charge in [-0.25, -0.2) is 0 Å². The number of aliphatic hydroxyl groups is 1. The molecule has 2 rings (SSSR count). The standard InChI is InChI=1S/C17H23N3O3/c1-11(2)8-13(21)10-18-17(22)16-9-15(19-20-16)12-4-6-14(23-3)7-5-12/h4-7,9,11,13,21H,8,10H2,1-3H3,(H,18,22)(H,19,20). The number of hydrogen-bond donors (Lipinski definition) is 3. The Bertz CT molecular complexity index is 635. The van der Waals surface area contributed by atoms with Crippen molar-refractivity contribution in [2.45, 2.75) is 26.4 Å². The molecule has 1 unspecified atom stereocenters. The van der Waals surface area contributed by atoms with E-state index >= 15 is 0 Å². The zero-order valence-corrected chi connectivity index (χ0v) is 13.7. The molecule has 2 aromatic rings. The Kier molecular flexibility index (Phi) is 5.76. The van der Waals surface area contributed by atoms with Gasteiger partial charge in [0.2, 0.25) is 0 Å². The molecule has 3 N–H and O–H groups in total. The molecule has 1 heterocycles. The number of ether oxygens (including phenoxy) is 1. The van der Waals surface area contributed by atoms with Crippen molar-refractivity contribution in [3.8, 4) is 17.0 Å². The summed E-state index contributed by atoms with van der Waals surface area (Å²) in [4.78, 5) is 12.1. The number of carbonyl (C=O) groups excluding carboxylic acids is 1. The van der Waals surface area contributed by atoms with Gasteiger partial charge < -0.3 is 15.2 Å². The Morgan fingerprint density at radius 3 is 2.65 bits per heavy atom. The molecule has 0 aliphatic rings. The predicted molar refractivity (Wildman–Crippen MR) is 88.4 cm³/mol. The molecule has 0 aliphatic carbocycles. The summed E-state index contributed by atoms with van der Waals surface area (Å²) < 4.78 is 5.11. The second kappa shape index (κ2) is 7.78. The van der Waals surface area contributed by atoms with E-state index in [1.165, 1.54) is 0 Å². The summed E-state index contributed by atoms with van der Waals surface area (Å²) in [7, 11) is 1.61. The topological polar surface area (TPSA) is 87.2 Å². The van der Waals surface area contributed by atoms with E-state index in [0.29, 0.717) is 23.7 Å². The number of amides is 1. The van der Waals surface area contributed by atoms with Crippen LogP contribution >= 0.6 is 0 Å². The van der Waals surface area contributed by atoms with E-state index in [-0.39, 0.29) is 12.5 Å². The maximum absolute atomic E-state index is 12.1. The van der Waals surface area contributed by atoms with Crippen LogP contribution < -0.4 is 10.1 Å². The molecule has 23 heavy (non-hydrogen) atoms. The maximum atomic E-state index is 12.1. The molecule has 124 valence electrons. The second-order valence-corrected chi connectivity index (χ2v) is 5.89. The third-order valence-electron chi connectivity index (χ3n) is 3.45. The van der Waals surface area contributed by atoms with Gasteiger partial charge in [-0.2, -0.15) is 5.10 Å². The van der Waals surface area contributed by atoms with Gasteiger partial charge in [-0.3, -0.25) is 9.89 Å². The highest BCUT2D eigenvalue weighted by Gasteiger charge is 2.13. The number of rotatable bonds is 7. The van der Waals surface area contributed by atoms with E-state index in [9.17, 15) is 9.90 Å². The molecule has 1 aromatic carbocycles. The lowest BCUT2D eigenvalue weighted by Gasteiger charge is -2.13. The summed E-state index contributed by atoms with van der Waals surface area (Å²) in [5.74, 6) is 0.872. The van der Waals surface area contributed by atoms with Crippen molar-refractivity contribution in [2.24, 2.45) is 5.92 Å². The zero-order chi connectivity index (χ0) is 16.8. The molecular formula is C17H23N3O3. The van der Waals surface area contributed by atoms with Gasteiger partial charge >= 0.3 is 0 Å². The number of nitrogens with one attached hydrogen (secondary N) is 2. The van der Waals surface area contributed by atoms with Gasteiger partial charge in [0.1, 0.15) is 11.4 Å². The van der Waals surface area contributed by atoms with Crippen LogP contribution in [0.25, 0.3) is 11.3 Å². The van der Waals surface area contributed by atoms with E-state index in [2.05, 4.69) is 15.5 Å². The molecule has 6 nitrogen and oxygen atoms in total. The third-order valence-corrected chi connectivity index (χ3v) is 3.45. The van der Waals surface area contributed by atoms with Gasteiger partial charge in [0.05, 0.1) is 18.9 Å². The smallest absolute Gasteiger partial charge is 0.269 e. The lowest BCUT2D eigenvalue weighted by molar-refractivity contribution is 0.0895. The Balaban J connectivity index is 1.96. The number of carbonyl (C=O) groups is 1. The monoisotopic (exact) mass is 317 g/mol. The van der Waals surface area contributed by atoms with E-state index in [1.807, 2.05) is 38.1 Å². The second-order valence-electron chi connectivity index (χ2n) is 5.89. The largest absolute Gasteiger partial charge is 0.497 e. The normalized spacial score (nSPS) is 12.2. The molecule has 1 aromatic heterocycles. The average molecular weight is 317 g/mol. The molecule has 0 radical (unpaired) electrons. The molecule has 1 atom stereocenters. The summed E-state index contributed by atoms with van der Waals surface area (Å²) in [6, 6.07) is 9.12. The number of nitrogens with zero attached hydrogens (tertiary/aromatic N) is 1. The summed E-state index contributed by atoms with van der Waals surface area (Å²) >= 11 is 0. The minimum atomic E-state index is -0.539. The van der Waals surface area contributed by atoms with Gasteiger partial charge in [-0.1, -0.05) is 13.8 Å².